The summed E-state index contributed by atoms with van der Waals surface area (Å²) >= 11 is 0. The molecule has 0 saturated heterocycles. The Kier molecular flexibility index (Phi) is 3.44. The van der Waals surface area contributed by atoms with E-state index in [9.17, 15) is 0 Å². The quantitative estimate of drug-likeness (QED) is 0.714. The summed E-state index contributed by atoms with van der Waals surface area (Å²) in [5.41, 5.74) is 2.26. The zero-order chi connectivity index (χ0) is 11.2. The molecule has 16 heavy (non-hydrogen) atoms. The molecule has 0 amide bonds. The maximum Gasteiger partial charge on any atom is 0.0721 e. The Balaban J connectivity index is 2.08. The van der Waals surface area contributed by atoms with Gasteiger partial charge >= 0.3 is 0 Å². The van der Waals surface area contributed by atoms with Crippen LogP contribution >= 0.6 is 0 Å². The van der Waals surface area contributed by atoms with Crippen LogP contribution in [0, 0.1) is 0 Å². The van der Waals surface area contributed by atoms with Gasteiger partial charge in [-0.2, -0.15) is 0 Å². The lowest BCUT2D eigenvalue weighted by molar-refractivity contribution is 0.825. The van der Waals surface area contributed by atoms with Crippen molar-refractivity contribution in [1.29, 1.82) is 0 Å². The van der Waals surface area contributed by atoms with E-state index in [0.717, 1.165) is 5.56 Å². The van der Waals surface area contributed by atoms with Crippen molar-refractivity contribution in [2.24, 2.45) is 4.99 Å². The first kappa shape index (κ1) is 10.6. The van der Waals surface area contributed by atoms with E-state index < -0.39 is 0 Å². The lowest BCUT2D eigenvalue weighted by Gasteiger charge is -2.05. The molecule has 1 aromatic heterocycles. The monoisotopic (exact) mass is 210 g/mol. The minimum atomic E-state index is 0.182. The number of benzene rings is 1. The fourth-order valence-electron chi connectivity index (χ4n) is 1.47. The van der Waals surface area contributed by atoms with Gasteiger partial charge in [-0.25, -0.2) is 0 Å². The summed E-state index contributed by atoms with van der Waals surface area (Å²) in [6.45, 7) is 2.09. The normalized spacial score (nSPS) is 12.8. The molecule has 2 aromatic rings. The second kappa shape index (κ2) is 5.21. The summed E-state index contributed by atoms with van der Waals surface area (Å²) < 4.78 is 0. The minimum absolute atomic E-state index is 0.182. The molecule has 1 atom stereocenters. The summed E-state index contributed by atoms with van der Waals surface area (Å²) in [4.78, 5) is 8.54. The molecule has 0 aliphatic carbocycles. The molecule has 1 aromatic carbocycles. The zero-order valence-corrected chi connectivity index (χ0v) is 9.25. The molecule has 1 heterocycles. The van der Waals surface area contributed by atoms with Gasteiger partial charge in [-0.1, -0.05) is 36.4 Å². The smallest absolute Gasteiger partial charge is 0.0721 e. The average Bonchev–Trinajstić information content (AvgIpc) is 2.38. The summed E-state index contributed by atoms with van der Waals surface area (Å²) in [6, 6.07) is 14.3. The molecule has 2 heteroatoms. The highest BCUT2D eigenvalue weighted by atomic mass is 14.8. The Hall–Kier alpha value is -1.96. The number of hydrogen-bond acceptors (Lipinski definition) is 2. The predicted molar refractivity (Wildman–Crippen MR) is 66.7 cm³/mol. The Morgan fingerprint density at radius 1 is 1.12 bits per heavy atom. The van der Waals surface area contributed by atoms with E-state index in [1.165, 1.54) is 5.56 Å². The molecule has 1 unspecified atom stereocenters. The number of rotatable bonds is 3. The molecule has 0 aliphatic rings. The predicted octanol–water partition coefficient (Wildman–Crippen LogP) is 3.26. The molecular formula is C14H14N2. The molecule has 80 valence electrons. The lowest BCUT2D eigenvalue weighted by Crippen LogP contribution is -1.90. The zero-order valence-electron chi connectivity index (χ0n) is 9.25. The Labute approximate surface area is 95.7 Å². The van der Waals surface area contributed by atoms with Crippen molar-refractivity contribution in [3.63, 3.8) is 0 Å². The third-order valence-electron chi connectivity index (χ3n) is 2.41. The van der Waals surface area contributed by atoms with Gasteiger partial charge in [0.25, 0.3) is 0 Å². The van der Waals surface area contributed by atoms with Crippen molar-refractivity contribution in [2.45, 2.75) is 13.0 Å². The topological polar surface area (TPSA) is 25.2 Å². The van der Waals surface area contributed by atoms with E-state index in [2.05, 4.69) is 29.0 Å². The first-order valence-corrected chi connectivity index (χ1v) is 5.34. The van der Waals surface area contributed by atoms with Gasteiger partial charge in [0.1, 0.15) is 0 Å². The van der Waals surface area contributed by atoms with Crippen LogP contribution in [0.25, 0.3) is 0 Å². The van der Waals surface area contributed by atoms with Crippen molar-refractivity contribution >= 4 is 6.21 Å². The molecule has 0 fully saturated rings. The maximum absolute atomic E-state index is 4.50. The minimum Gasteiger partial charge on any atom is -0.285 e. The SMILES string of the molecule is CC(N=Cc1cccnc1)c1ccccc1. The van der Waals surface area contributed by atoms with Crippen LogP contribution < -0.4 is 0 Å². The van der Waals surface area contributed by atoms with Crippen molar-refractivity contribution in [2.75, 3.05) is 0 Å². The number of nitrogens with zero attached hydrogens (tertiary/aromatic N) is 2. The molecule has 0 bridgehead atoms. The molecule has 0 N–H and O–H groups in total. The van der Waals surface area contributed by atoms with Gasteiger partial charge in [0.05, 0.1) is 6.04 Å². The third-order valence-corrected chi connectivity index (χ3v) is 2.41. The second-order valence-electron chi connectivity index (χ2n) is 3.65. The van der Waals surface area contributed by atoms with E-state index >= 15 is 0 Å². The Bertz CT molecular complexity index is 449. The van der Waals surface area contributed by atoms with Gasteiger partial charge in [0.15, 0.2) is 0 Å². The van der Waals surface area contributed by atoms with Gasteiger partial charge in [-0.05, 0) is 18.6 Å². The Morgan fingerprint density at radius 3 is 2.62 bits per heavy atom. The van der Waals surface area contributed by atoms with E-state index in [1.54, 1.807) is 12.4 Å². The summed E-state index contributed by atoms with van der Waals surface area (Å²) in [6.07, 6.45) is 5.43. The highest BCUT2D eigenvalue weighted by Gasteiger charge is 1.99. The van der Waals surface area contributed by atoms with Gasteiger partial charge < -0.3 is 0 Å². The first-order valence-electron chi connectivity index (χ1n) is 5.34. The first-order chi connectivity index (χ1) is 7.86. The molecule has 2 rings (SSSR count). The van der Waals surface area contributed by atoms with E-state index in [-0.39, 0.29) is 6.04 Å². The van der Waals surface area contributed by atoms with Crippen molar-refractivity contribution in [1.82, 2.24) is 4.98 Å². The summed E-state index contributed by atoms with van der Waals surface area (Å²) in [5.74, 6) is 0. The van der Waals surface area contributed by atoms with Crippen LogP contribution in [0.5, 0.6) is 0 Å². The van der Waals surface area contributed by atoms with Gasteiger partial charge in [-0.3, -0.25) is 9.98 Å². The standard InChI is InChI=1S/C14H14N2/c1-12(14-7-3-2-4-8-14)16-11-13-6-5-9-15-10-13/h2-12H,1H3. The second-order valence-corrected chi connectivity index (χ2v) is 3.65. The number of aromatic nitrogens is 1. The summed E-state index contributed by atoms with van der Waals surface area (Å²) in [7, 11) is 0. The summed E-state index contributed by atoms with van der Waals surface area (Å²) in [5, 5.41) is 0. The fraction of sp³-hybridized carbons (Fsp3) is 0.143. The van der Waals surface area contributed by atoms with Crippen molar-refractivity contribution in [3.8, 4) is 0 Å². The molecular weight excluding hydrogens is 196 g/mol. The molecule has 0 aliphatic heterocycles. The number of hydrogen-bond donors (Lipinski definition) is 0. The Morgan fingerprint density at radius 2 is 1.94 bits per heavy atom. The average molecular weight is 210 g/mol. The third kappa shape index (κ3) is 2.76. The lowest BCUT2D eigenvalue weighted by atomic mass is 10.1. The van der Waals surface area contributed by atoms with Crippen molar-refractivity contribution < 1.29 is 0 Å². The highest BCUT2D eigenvalue weighted by molar-refractivity contribution is 5.79. The van der Waals surface area contributed by atoms with Crippen LogP contribution in [0.15, 0.2) is 59.9 Å². The molecule has 2 nitrogen and oxygen atoms in total. The highest BCUT2D eigenvalue weighted by Crippen LogP contribution is 2.15. The maximum atomic E-state index is 4.50. The van der Waals surface area contributed by atoms with Crippen LogP contribution in [0.3, 0.4) is 0 Å². The van der Waals surface area contributed by atoms with E-state index in [4.69, 9.17) is 0 Å². The molecule has 0 spiro atoms. The van der Waals surface area contributed by atoms with Crippen LogP contribution in [-0.4, -0.2) is 11.2 Å². The molecule has 0 radical (unpaired) electrons. The van der Waals surface area contributed by atoms with E-state index in [1.807, 2.05) is 36.5 Å². The van der Waals surface area contributed by atoms with Crippen molar-refractivity contribution in [3.05, 3.63) is 66.0 Å². The number of pyridine rings is 1. The van der Waals surface area contributed by atoms with Gasteiger partial charge in [-0.15, -0.1) is 0 Å². The largest absolute Gasteiger partial charge is 0.285 e. The van der Waals surface area contributed by atoms with E-state index in [0.29, 0.717) is 0 Å². The van der Waals surface area contributed by atoms with Crippen LogP contribution in [-0.2, 0) is 0 Å². The number of aliphatic imine (C=N–C) groups is 1. The van der Waals surface area contributed by atoms with Gasteiger partial charge in [0, 0.05) is 24.2 Å². The van der Waals surface area contributed by atoms with Crippen LogP contribution in [0.1, 0.15) is 24.1 Å². The van der Waals surface area contributed by atoms with Gasteiger partial charge in [0.2, 0.25) is 0 Å². The fourth-order valence-corrected chi connectivity index (χ4v) is 1.47. The van der Waals surface area contributed by atoms with Crippen LogP contribution in [0.4, 0.5) is 0 Å². The molecule has 0 saturated carbocycles. The van der Waals surface area contributed by atoms with Crippen LogP contribution in [0.2, 0.25) is 0 Å².